The number of benzene rings is 1. The summed E-state index contributed by atoms with van der Waals surface area (Å²) in [4.78, 5) is 28.0. The SMILES string of the molecule is C=CCNC(=O)c1ccnc(C(=O)Nc2ccc(Cl)c(Cl)c2)c1. The van der Waals surface area contributed by atoms with E-state index < -0.39 is 5.91 Å². The van der Waals surface area contributed by atoms with Crippen molar-refractivity contribution >= 4 is 40.7 Å². The number of amides is 2. The summed E-state index contributed by atoms with van der Waals surface area (Å²) in [5.74, 6) is -0.766. The number of hydrogen-bond acceptors (Lipinski definition) is 3. The average molecular weight is 350 g/mol. The Bertz CT molecular complexity index is 763. The van der Waals surface area contributed by atoms with E-state index in [-0.39, 0.29) is 11.6 Å². The molecule has 0 fully saturated rings. The Balaban J connectivity index is 2.14. The molecule has 0 unspecified atom stereocenters. The van der Waals surface area contributed by atoms with Crippen LogP contribution in [0, 0.1) is 0 Å². The van der Waals surface area contributed by atoms with Gasteiger partial charge >= 0.3 is 0 Å². The Hall–Kier alpha value is -2.37. The fraction of sp³-hybridized carbons (Fsp3) is 0.0625. The molecule has 118 valence electrons. The number of hydrogen-bond donors (Lipinski definition) is 2. The number of halogens is 2. The largest absolute Gasteiger partial charge is 0.349 e. The van der Waals surface area contributed by atoms with Gasteiger partial charge in [0.1, 0.15) is 5.69 Å². The molecule has 23 heavy (non-hydrogen) atoms. The second-order valence-electron chi connectivity index (χ2n) is 4.51. The van der Waals surface area contributed by atoms with Crippen molar-refractivity contribution in [1.82, 2.24) is 10.3 Å². The van der Waals surface area contributed by atoms with Crippen LogP contribution in [-0.4, -0.2) is 23.3 Å². The quantitative estimate of drug-likeness (QED) is 0.810. The van der Waals surface area contributed by atoms with Crippen molar-refractivity contribution in [2.45, 2.75) is 0 Å². The molecule has 7 heteroatoms. The maximum Gasteiger partial charge on any atom is 0.274 e. The van der Waals surface area contributed by atoms with E-state index in [0.29, 0.717) is 27.8 Å². The van der Waals surface area contributed by atoms with Gasteiger partial charge in [0, 0.05) is 24.0 Å². The van der Waals surface area contributed by atoms with Crippen molar-refractivity contribution < 1.29 is 9.59 Å². The van der Waals surface area contributed by atoms with Crippen LogP contribution >= 0.6 is 23.2 Å². The van der Waals surface area contributed by atoms with Gasteiger partial charge in [-0.1, -0.05) is 29.3 Å². The summed E-state index contributed by atoms with van der Waals surface area (Å²) in [5.41, 5.74) is 0.927. The van der Waals surface area contributed by atoms with Gasteiger partial charge in [-0.3, -0.25) is 14.6 Å². The van der Waals surface area contributed by atoms with E-state index in [4.69, 9.17) is 23.2 Å². The Kier molecular flexibility index (Phi) is 5.73. The van der Waals surface area contributed by atoms with E-state index >= 15 is 0 Å². The van der Waals surface area contributed by atoms with Gasteiger partial charge in [-0.05, 0) is 30.3 Å². The summed E-state index contributed by atoms with van der Waals surface area (Å²) in [5, 5.41) is 5.99. The predicted molar refractivity (Wildman–Crippen MR) is 91.2 cm³/mol. The molecule has 1 aromatic carbocycles. The van der Waals surface area contributed by atoms with E-state index in [2.05, 4.69) is 22.2 Å². The Morgan fingerprint density at radius 2 is 1.91 bits per heavy atom. The van der Waals surface area contributed by atoms with Crippen LogP contribution in [0.3, 0.4) is 0 Å². The summed E-state index contributed by atoms with van der Waals surface area (Å²) in [6.07, 6.45) is 2.96. The molecule has 0 spiro atoms. The van der Waals surface area contributed by atoms with Crippen molar-refractivity contribution in [3.63, 3.8) is 0 Å². The third-order valence-corrected chi connectivity index (χ3v) is 3.58. The fourth-order valence-corrected chi connectivity index (χ4v) is 2.03. The molecule has 0 atom stereocenters. The second-order valence-corrected chi connectivity index (χ2v) is 5.33. The van der Waals surface area contributed by atoms with Gasteiger partial charge in [-0.2, -0.15) is 0 Å². The lowest BCUT2D eigenvalue weighted by molar-refractivity contribution is 0.0958. The molecular formula is C16H13Cl2N3O2. The molecule has 0 saturated carbocycles. The van der Waals surface area contributed by atoms with E-state index in [0.717, 1.165) is 0 Å². The molecule has 2 rings (SSSR count). The van der Waals surface area contributed by atoms with Gasteiger partial charge in [0.2, 0.25) is 0 Å². The number of pyridine rings is 1. The topological polar surface area (TPSA) is 71.1 Å². The zero-order valence-electron chi connectivity index (χ0n) is 12.0. The average Bonchev–Trinajstić information content (AvgIpc) is 2.56. The van der Waals surface area contributed by atoms with Crippen molar-refractivity contribution in [2.75, 3.05) is 11.9 Å². The molecule has 0 saturated heterocycles. The highest BCUT2D eigenvalue weighted by Gasteiger charge is 2.12. The number of nitrogens with one attached hydrogen (secondary N) is 2. The lowest BCUT2D eigenvalue weighted by Crippen LogP contribution is -2.24. The fourth-order valence-electron chi connectivity index (χ4n) is 1.73. The summed E-state index contributed by atoms with van der Waals surface area (Å²) >= 11 is 11.7. The molecule has 2 amide bonds. The Morgan fingerprint density at radius 3 is 2.61 bits per heavy atom. The third-order valence-electron chi connectivity index (χ3n) is 2.84. The lowest BCUT2D eigenvalue weighted by Gasteiger charge is -2.07. The van der Waals surface area contributed by atoms with Gasteiger partial charge in [-0.15, -0.1) is 6.58 Å². The van der Waals surface area contributed by atoms with Crippen molar-refractivity contribution in [2.24, 2.45) is 0 Å². The van der Waals surface area contributed by atoms with Crippen molar-refractivity contribution in [1.29, 1.82) is 0 Å². The second kappa shape index (κ2) is 7.76. The highest BCUT2D eigenvalue weighted by molar-refractivity contribution is 6.42. The minimum Gasteiger partial charge on any atom is -0.349 e. The molecule has 0 radical (unpaired) electrons. The summed E-state index contributed by atoms with van der Waals surface area (Å²) in [6.45, 7) is 3.86. The molecule has 1 heterocycles. The van der Waals surface area contributed by atoms with Gasteiger partial charge in [0.25, 0.3) is 11.8 Å². The number of nitrogens with zero attached hydrogens (tertiary/aromatic N) is 1. The molecular weight excluding hydrogens is 337 g/mol. The number of anilines is 1. The number of rotatable bonds is 5. The molecule has 5 nitrogen and oxygen atoms in total. The number of carbonyl (C=O) groups excluding carboxylic acids is 2. The van der Waals surface area contributed by atoms with E-state index in [1.807, 2.05) is 0 Å². The third kappa shape index (κ3) is 4.55. The van der Waals surface area contributed by atoms with E-state index in [1.165, 1.54) is 24.4 Å². The number of aromatic nitrogens is 1. The first-order chi connectivity index (χ1) is 11.0. The van der Waals surface area contributed by atoms with E-state index in [1.54, 1.807) is 18.2 Å². The predicted octanol–water partition coefficient (Wildman–Crippen LogP) is 3.56. The molecule has 1 aromatic heterocycles. The maximum atomic E-state index is 12.2. The first-order valence-corrected chi connectivity index (χ1v) is 7.38. The lowest BCUT2D eigenvalue weighted by atomic mass is 10.2. The minimum absolute atomic E-state index is 0.113. The Morgan fingerprint density at radius 1 is 1.13 bits per heavy atom. The van der Waals surface area contributed by atoms with Crippen LogP contribution in [0.15, 0.2) is 49.2 Å². The minimum atomic E-state index is -0.457. The zero-order chi connectivity index (χ0) is 16.8. The molecule has 2 aromatic rings. The van der Waals surface area contributed by atoms with Crippen LogP contribution in [0.4, 0.5) is 5.69 Å². The molecule has 0 aliphatic rings. The molecule has 0 aliphatic carbocycles. The molecule has 0 aliphatic heterocycles. The summed E-state index contributed by atoms with van der Waals surface area (Å²) in [6, 6.07) is 7.65. The van der Waals surface area contributed by atoms with Crippen LogP contribution < -0.4 is 10.6 Å². The normalized spacial score (nSPS) is 10.0. The van der Waals surface area contributed by atoms with Crippen LogP contribution in [0.25, 0.3) is 0 Å². The highest BCUT2D eigenvalue weighted by atomic mass is 35.5. The molecule has 0 bridgehead atoms. The van der Waals surface area contributed by atoms with Crippen LogP contribution in [0.2, 0.25) is 10.0 Å². The summed E-state index contributed by atoms with van der Waals surface area (Å²) in [7, 11) is 0. The van der Waals surface area contributed by atoms with Crippen LogP contribution in [-0.2, 0) is 0 Å². The first kappa shape index (κ1) is 17.0. The standard InChI is InChI=1S/C16H13Cl2N3O2/c1-2-6-20-15(22)10-5-7-19-14(8-10)16(23)21-11-3-4-12(17)13(18)9-11/h2-5,7-9H,1,6H2,(H,20,22)(H,21,23). The molecule has 2 N–H and O–H groups in total. The highest BCUT2D eigenvalue weighted by Crippen LogP contribution is 2.25. The van der Waals surface area contributed by atoms with Crippen LogP contribution in [0.5, 0.6) is 0 Å². The smallest absolute Gasteiger partial charge is 0.274 e. The van der Waals surface area contributed by atoms with Crippen molar-refractivity contribution in [3.05, 3.63) is 70.5 Å². The van der Waals surface area contributed by atoms with Gasteiger partial charge in [0.05, 0.1) is 10.0 Å². The maximum absolute atomic E-state index is 12.2. The first-order valence-electron chi connectivity index (χ1n) is 6.63. The van der Waals surface area contributed by atoms with Gasteiger partial charge in [0.15, 0.2) is 0 Å². The van der Waals surface area contributed by atoms with Crippen LogP contribution in [0.1, 0.15) is 20.8 Å². The summed E-state index contributed by atoms with van der Waals surface area (Å²) < 4.78 is 0. The van der Waals surface area contributed by atoms with E-state index in [9.17, 15) is 9.59 Å². The van der Waals surface area contributed by atoms with Gasteiger partial charge < -0.3 is 10.6 Å². The zero-order valence-corrected chi connectivity index (χ0v) is 13.5. The van der Waals surface area contributed by atoms with Crippen molar-refractivity contribution in [3.8, 4) is 0 Å². The monoisotopic (exact) mass is 349 g/mol. The Labute approximate surface area is 143 Å². The number of carbonyl (C=O) groups is 2. The van der Waals surface area contributed by atoms with Gasteiger partial charge in [-0.25, -0.2) is 0 Å².